The Bertz CT molecular complexity index is 836. The van der Waals surface area contributed by atoms with Crippen molar-refractivity contribution in [2.24, 2.45) is 0 Å². The first-order chi connectivity index (χ1) is 14.2. The first-order valence-corrected chi connectivity index (χ1v) is 10.8. The van der Waals surface area contributed by atoms with Gasteiger partial charge in [0.2, 0.25) is 0 Å². The number of nitrogens with zero attached hydrogens (tertiary/aromatic N) is 3. The monoisotopic (exact) mass is 431 g/mol. The average Bonchev–Trinajstić information content (AvgIpc) is 2.87. The van der Waals surface area contributed by atoms with Crippen LogP contribution in [0.2, 0.25) is 0 Å². The summed E-state index contributed by atoms with van der Waals surface area (Å²) in [5, 5.41) is 0. The molecule has 31 heavy (non-hydrogen) atoms. The Hall–Kier alpha value is -2.13. The standard InChI is InChI=1S/C22H34BN3O5/c1-15-14-25(19(28)29-20(2,3)4)9-10-26(15)18(27)16-11-17(13-24-12-16)23-30-21(5,6)22(7,8)31-23/h11-13,15H,9-10,14H2,1-8H3. The molecule has 2 aliphatic heterocycles. The fraction of sp³-hybridized carbons (Fsp3) is 0.682. The molecule has 0 bridgehead atoms. The van der Waals surface area contributed by atoms with Crippen LogP contribution in [0.4, 0.5) is 4.79 Å². The molecule has 2 aliphatic rings. The number of carbonyl (C=O) groups is 2. The van der Waals surface area contributed by atoms with Crippen LogP contribution in [0.1, 0.15) is 65.7 Å². The Balaban J connectivity index is 1.69. The Morgan fingerprint density at radius 1 is 1.13 bits per heavy atom. The third-order valence-corrected chi connectivity index (χ3v) is 6.07. The third-order valence-electron chi connectivity index (χ3n) is 6.07. The van der Waals surface area contributed by atoms with Crippen LogP contribution in [0.15, 0.2) is 18.5 Å². The number of piperazine rings is 1. The molecule has 0 saturated carbocycles. The number of hydrogen-bond donors (Lipinski definition) is 0. The second kappa shape index (κ2) is 8.09. The van der Waals surface area contributed by atoms with Crippen molar-refractivity contribution in [3.8, 4) is 0 Å². The second-order valence-electron chi connectivity index (χ2n) is 10.4. The molecule has 0 N–H and O–H groups in total. The summed E-state index contributed by atoms with van der Waals surface area (Å²) in [7, 11) is -0.577. The predicted octanol–water partition coefficient (Wildman–Crippen LogP) is 2.46. The first kappa shape index (κ1) is 23.5. The van der Waals surface area contributed by atoms with Crippen LogP contribution in [0.5, 0.6) is 0 Å². The maximum absolute atomic E-state index is 13.2. The number of pyridine rings is 1. The lowest BCUT2D eigenvalue weighted by Crippen LogP contribution is -2.56. The molecule has 170 valence electrons. The van der Waals surface area contributed by atoms with Gasteiger partial charge in [-0.15, -0.1) is 0 Å². The smallest absolute Gasteiger partial charge is 0.444 e. The van der Waals surface area contributed by atoms with Gasteiger partial charge in [0.1, 0.15) is 5.60 Å². The van der Waals surface area contributed by atoms with Gasteiger partial charge in [0.15, 0.2) is 0 Å². The van der Waals surface area contributed by atoms with E-state index in [1.807, 2.05) is 55.4 Å². The van der Waals surface area contributed by atoms with Crippen LogP contribution in [0, 0.1) is 0 Å². The largest absolute Gasteiger partial charge is 0.496 e. The van der Waals surface area contributed by atoms with E-state index < -0.39 is 23.9 Å². The highest BCUT2D eigenvalue weighted by Gasteiger charge is 2.52. The van der Waals surface area contributed by atoms with Crippen molar-refractivity contribution in [1.82, 2.24) is 14.8 Å². The molecule has 2 saturated heterocycles. The topological polar surface area (TPSA) is 81.2 Å². The quantitative estimate of drug-likeness (QED) is 0.670. The van der Waals surface area contributed by atoms with Crippen LogP contribution in [-0.4, -0.2) is 76.4 Å². The highest BCUT2D eigenvalue weighted by atomic mass is 16.7. The highest BCUT2D eigenvalue weighted by Crippen LogP contribution is 2.36. The number of carbonyl (C=O) groups excluding carboxylic acids is 2. The first-order valence-electron chi connectivity index (χ1n) is 10.8. The Kier molecular flexibility index (Phi) is 6.14. The lowest BCUT2D eigenvalue weighted by Gasteiger charge is -2.40. The summed E-state index contributed by atoms with van der Waals surface area (Å²) in [4.78, 5) is 33.3. The zero-order valence-electron chi connectivity index (χ0n) is 19.9. The van der Waals surface area contributed by atoms with Crippen LogP contribution in [0.3, 0.4) is 0 Å². The van der Waals surface area contributed by atoms with Crippen molar-refractivity contribution in [2.45, 2.75) is 78.2 Å². The Morgan fingerprint density at radius 3 is 2.29 bits per heavy atom. The molecule has 2 fully saturated rings. The highest BCUT2D eigenvalue weighted by molar-refractivity contribution is 6.62. The van der Waals surface area contributed by atoms with Gasteiger partial charge in [-0.2, -0.15) is 0 Å². The lowest BCUT2D eigenvalue weighted by molar-refractivity contribution is 0.00578. The summed E-state index contributed by atoms with van der Waals surface area (Å²) in [5.74, 6) is -0.123. The minimum Gasteiger partial charge on any atom is -0.444 e. The average molecular weight is 431 g/mol. The van der Waals surface area contributed by atoms with E-state index in [2.05, 4.69) is 4.98 Å². The summed E-state index contributed by atoms with van der Waals surface area (Å²) in [6, 6.07) is 1.64. The van der Waals surface area contributed by atoms with E-state index >= 15 is 0 Å². The molecule has 0 spiro atoms. The van der Waals surface area contributed by atoms with Crippen LogP contribution in [0.25, 0.3) is 0 Å². The summed E-state index contributed by atoms with van der Waals surface area (Å²) >= 11 is 0. The maximum Gasteiger partial charge on any atom is 0.496 e. The van der Waals surface area contributed by atoms with Gasteiger partial charge in [-0.3, -0.25) is 9.78 Å². The molecule has 3 heterocycles. The molecule has 1 aromatic rings. The van der Waals surface area contributed by atoms with E-state index in [-0.39, 0.29) is 18.0 Å². The van der Waals surface area contributed by atoms with E-state index in [1.54, 1.807) is 28.3 Å². The normalized spacial score (nSPS) is 23.1. The van der Waals surface area contributed by atoms with Crippen LogP contribution >= 0.6 is 0 Å². The van der Waals surface area contributed by atoms with Crippen molar-refractivity contribution >= 4 is 24.6 Å². The molecule has 0 aromatic carbocycles. The van der Waals surface area contributed by atoms with Gasteiger partial charge in [0, 0.05) is 43.5 Å². The van der Waals surface area contributed by atoms with Gasteiger partial charge in [-0.05, 0) is 61.5 Å². The SMILES string of the molecule is CC1CN(C(=O)OC(C)(C)C)CCN1C(=O)c1cncc(B2OC(C)(C)C(C)(C)O2)c1. The van der Waals surface area contributed by atoms with Crippen molar-refractivity contribution in [3.63, 3.8) is 0 Å². The van der Waals surface area contributed by atoms with E-state index in [9.17, 15) is 9.59 Å². The van der Waals surface area contributed by atoms with Gasteiger partial charge in [0.05, 0.1) is 16.8 Å². The zero-order chi connectivity index (χ0) is 23.2. The van der Waals surface area contributed by atoms with Crippen molar-refractivity contribution < 1.29 is 23.6 Å². The van der Waals surface area contributed by atoms with Crippen molar-refractivity contribution in [2.75, 3.05) is 19.6 Å². The molecular formula is C22H34BN3O5. The fourth-order valence-electron chi connectivity index (χ4n) is 3.60. The van der Waals surface area contributed by atoms with E-state index in [0.717, 1.165) is 0 Å². The van der Waals surface area contributed by atoms with E-state index in [1.165, 1.54) is 0 Å². The number of hydrogen-bond acceptors (Lipinski definition) is 6. The Morgan fingerprint density at radius 2 is 1.74 bits per heavy atom. The molecule has 9 heteroatoms. The van der Waals surface area contributed by atoms with Crippen LogP contribution < -0.4 is 5.46 Å². The molecule has 0 radical (unpaired) electrons. The van der Waals surface area contributed by atoms with Crippen molar-refractivity contribution in [1.29, 1.82) is 0 Å². The number of ether oxygens (including phenoxy) is 1. The molecule has 0 aliphatic carbocycles. The number of rotatable bonds is 2. The zero-order valence-corrected chi connectivity index (χ0v) is 19.9. The van der Waals surface area contributed by atoms with Gasteiger partial charge >= 0.3 is 13.2 Å². The summed E-state index contributed by atoms with van der Waals surface area (Å²) < 4.78 is 17.6. The fourth-order valence-corrected chi connectivity index (χ4v) is 3.60. The predicted molar refractivity (Wildman–Crippen MR) is 118 cm³/mol. The molecule has 8 nitrogen and oxygen atoms in total. The molecule has 1 atom stereocenters. The number of aromatic nitrogens is 1. The van der Waals surface area contributed by atoms with E-state index in [0.29, 0.717) is 30.7 Å². The molecule has 3 rings (SSSR count). The molecule has 1 unspecified atom stereocenters. The second-order valence-corrected chi connectivity index (χ2v) is 10.4. The van der Waals surface area contributed by atoms with Gasteiger partial charge in [-0.1, -0.05) is 0 Å². The summed E-state index contributed by atoms with van der Waals surface area (Å²) in [5.41, 5.74) is -0.296. The minimum atomic E-state index is -0.577. The summed E-state index contributed by atoms with van der Waals surface area (Å²) in [6.07, 6.45) is 2.88. The van der Waals surface area contributed by atoms with Crippen LogP contribution in [-0.2, 0) is 14.0 Å². The third kappa shape index (κ3) is 5.04. The Labute approximate surface area is 185 Å². The number of amides is 2. The van der Waals surface area contributed by atoms with Gasteiger partial charge in [-0.25, -0.2) is 4.79 Å². The van der Waals surface area contributed by atoms with Gasteiger partial charge in [0.25, 0.3) is 5.91 Å². The lowest BCUT2D eigenvalue weighted by atomic mass is 9.79. The molecule has 2 amide bonds. The molecule has 1 aromatic heterocycles. The summed E-state index contributed by atoms with van der Waals surface area (Å²) in [6.45, 7) is 16.7. The maximum atomic E-state index is 13.2. The van der Waals surface area contributed by atoms with Crippen molar-refractivity contribution in [3.05, 3.63) is 24.0 Å². The minimum absolute atomic E-state index is 0.123. The van der Waals surface area contributed by atoms with E-state index in [4.69, 9.17) is 14.0 Å². The molecular weight excluding hydrogens is 397 g/mol. The van der Waals surface area contributed by atoms with Gasteiger partial charge < -0.3 is 23.8 Å².